The summed E-state index contributed by atoms with van der Waals surface area (Å²) in [4.78, 5) is 18.8. The van der Waals surface area contributed by atoms with Crippen LogP contribution in [0.1, 0.15) is 30.0 Å². The number of carboxylic acid groups (broad SMARTS) is 1. The molecule has 0 bridgehead atoms. The molecule has 2 heterocycles. The van der Waals surface area contributed by atoms with E-state index in [9.17, 15) is 9.90 Å². The number of rotatable bonds is 3. The lowest BCUT2D eigenvalue weighted by Gasteiger charge is -2.16. The molecule has 0 aromatic carbocycles. The number of nitrogens with zero attached hydrogens (tertiary/aromatic N) is 2. The number of pyridine rings is 2. The Labute approximate surface area is 110 Å². The van der Waals surface area contributed by atoms with Crippen molar-refractivity contribution >= 4 is 5.97 Å². The Balaban J connectivity index is 2.37. The first-order valence-corrected chi connectivity index (χ1v) is 5.76. The van der Waals surface area contributed by atoms with Crippen molar-refractivity contribution in [2.24, 2.45) is 0 Å². The minimum absolute atomic E-state index is 0.0101. The van der Waals surface area contributed by atoms with Crippen LogP contribution in [-0.4, -0.2) is 26.2 Å². The van der Waals surface area contributed by atoms with Crippen LogP contribution in [0.5, 0.6) is 0 Å². The summed E-state index contributed by atoms with van der Waals surface area (Å²) in [7, 11) is 0. The molecule has 0 aliphatic rings. The van der Waals surface area contributed by atoms with Gasteiger partial charge >= 0.3 is 5.97 Å². The Bertz CT molecular complexity index is 601. The highest BCUT2D eigenvalue weighted by Crippen LogP contribution is 2.22. The van der Waals surface area contributed by atoms with Crippen molar-refractivity contribution in [2.75, 3.05) is 0 Å². The average molecular weight is 258 g/mol. The van der Waals surface area contributed by atoms with Gasteiger partial charge in [-0.2, -0.15) is 0 Å². The fraction of sp³-hybridized carbons (Fsp3) is 0.214. The van der Waals surface area contributed by atoms with Crippen LogP contribution in [0.3, 0.4) is 0 Å². The number of hydrogen-bond donors (Lipinski definition) is 2. The first-order chi connectivity index (χ1) is 8.88. The van der Waals surface area contributed by atoms with E-state index in [-0.39, 0.29) is 5.69 Å². The molecule has 0 saturated heterocycles. The molecule has 0 aliphatic carbocycles. The van der Waals surface area contributed by atoms with Crippen LogP contribution >= 0.6 is 0 Å². The minimum Gasteiger partial charge on any atom is -0.477 e. The second-order valence-corrected chi connectivity index (χ2v) is 4.73. The van der Waals surface area contributed by atoms with Gasteiger partial charge in [-0.1, -0.05) is 6.07 Å². The van der Waals surface area contributed by atoms with Gasteiger partial charge in [0.1, 0.15) is 11.3 Å². The first-order valence-electron chi connectivity index (χ1n) is 5.76. The molecule has 98 valence electrons. The van der Waals surface area contributed by atoms with Gasteiger partial charge in [0.2, 0.25) is 0 Å². The highest BCUT2D eigenvalue weighted by molar-refractivity contribution is 5.87. The fourth-order valence-electron chi connectivity index (χ4n) is 1.65. The van der Waals surface area contributed by atoms with E-state index in [4.69, 9.17) is 5.11 Å². The van der Waals surface area contributed by atoms with E-state index in [1.165, 1.54) is 12.3 Å². The van der Waals surface area contributed by atoms with Crippen LogP contribution in [-0.2, 0) is 5.60 Å². The molecule has 0 amide bonds. The van der Waals surface area contributed by atoms with Crippen molar-refractivity contribution in [3.63, 3.8) is 0 Å². The summed E-state index contributed by atoms with van der Waals surface area (Å²) in [5, 5.41) is 18.7. The number of aromatic carboxylic acids is 1. The maximum absolute atomic E-state index is 10.9. The predicted octanol–water partition coefficient (Wildman–Crippen LogP) is 2.07. The Hall–Kier alpha value is -2.27. The van der Waals surface area contributed by atoms with Crippen LogP contribution in [0, 0.1) is 0 Å². The van der Waals surface area contributed by atoms with E-state index in [1.54, 1.807) is 38.2 Å². The van der Waals surface area contributed by atoms with Crippen molar-refractivity contribution in [1.29, 1.82) is 0 Å². The van der Waals surface area contributed by atoms with Gasteiger partial charge in [-0.25, -0.2) is 9.78 Å². The van der Waals surface area contributed by atoms with Gasteiger partial charge in [0, 0.05) is 18.0 Å². The highest BCUT2D eigenvalue weighted by Gasteiger charge is 2.17. The molecule has 0 fully saturated rings. The van der Waals surface area contributed by atoms with E-state index < -0.39 is 11.6 Å². The second-order valence-electron chi connectivity index (χ2n) is 4.73. The van der Waals surface area contributed by atoms with Crippen molar-refractivity contribution in [3.8, 4) is 11.1 Å². The third kappa shape index (κ3) is 2.95. The lowest BCUT2D eigenvalue weighted by atomic mass is 10.0. The zero-order valence-electron chi connectivity index (χ0n) is 10.7. The summed E-state index contributed by atoms with van der Waals surface area (Å²) in [6, 6.07) is 6.72. The van der Waals surface area contributed by atoms with E-state index in [2.05, 4.69) is 9.97 Å². The van der Waals surface area contributed by atoms with Crippen LogP contribution < -0.4 is 0 Å². The predicted molar refractivity (Wildman–Crippen MR) is 69.7 cm³/mol. The van der Waals surface area contributed by atoms with Gasteiger partial charge in [-0.15, -0.1) is 0 Å². The Morgan fingerprint density at radius 3 is 2.42 bits per heavy atom. The van der Waals surface area contributed by atoms with Gasteiger partial charge in [0.05, 0.1) is 5.69 Å². The van der Waals surface area contributed by atoms with Gasteiger partial charge in [0.15, 0.2) is 0 Å². The monoisotopic (exact) mass is 258 g/mol. The number of aliphatic hydroxyl groups is 1. The number of aromatic nitrogens is 2. The molecule has 0 spiro atoms. The molecular formula is C14H14N2O3. The fourth-order valence-corrected chi connectivity index (χ4v) is 1.65. The number of carboxylic acids is 1. The number of carbonyl (C=O) groups is 1. The second kappa shape index (κ2) is 4.78. The van der Waals surface area contributed by atoms with Crippen LogP contribution in [0.25, 0.3) is 11.1 Å². The largest absolute Gasteiger partial charge is 0.477 e. The molecule has 2 N–H and O–H groups in total. The Morgan fingerprint density at radius 1 is 1.16 bits per heavy atom. The van der Waals surface area contributed by atoms with E-state index in [0.717, 1.165) is 11.1 Å². The summed E-state index contributed by atoms with van der Waals surface area (Å²) in [6.07, 6.45) is 3.05. The van der Waals surface area contributed by atoms with Gasteiger partial charge in [-0.3, -0.25) is 4.98 Å². The van der Waals surface area contributed by atoms with Gasteiger partial charge in [-0.05, 0) is 37.6 Å². The first kappa shape index (κ1) is 13.2. The molecule has 19 heavy (non-hydrogen) atoms. The SMILES string of the molecule is CC(C)(O)c1ccc(-c2ccnc(C(=O)O)c2)cn1. The molecule has 0 radical (unpaired) electrons. The van der Waals surface area contributed by atoms with Crippen molar-refractivity contribution < 1.29 is 15.0 Å². The third-order valence-corrected chi connectivity index (χ3v) is 2.70. The molecule has 0 aliphatic heterocycles. The lowest BCUT2D eigenvalue weighted by molar-refractivity contribution is 0.0689. The highest BCUT2D eigenvalue weighted by atomic mass is 16.4. The number of hydrogen-bond acceptors (Lipinski definition) is 4. The zero-order valence-corrected chi connectivity index (χ0v) is 10.7. The Morgan fingerprint density at radius 2 is 1.89 bits per heavy atom. The lowest BCUT2D eigenvalue weighted by Crippen LogP contribution is -2.17. The molecular weight excluding hydrogens is 244 g/mol. The quantitative estimate of drug-likeness (QED) is 0.880. The van der Waals surface area contributed by atoms with Gasteiger partial charge < -0.3 is 10.2 Å². The topological polar surface area (TPSA) is 83.3 Å². The van der Waals surface area contributed by atoms with Crippen LogP contribution in [0.15, 0.2) is 36.7 Å². The standard InChI is InChI=1S/C14H14N2O3/c1-14(2,19)12-4-3-10(8-16-12)9-5-6-15-11(7-9)13(17)18/h3-8,19H,1-2H3,(H,17,18). The summed E-state index contributed by atoms with van der Waals surface area (Å²) < 4.78 is 0. The molecule has 2 rings (SSSR count). The maximum Gasteiger partial charge on any atom is 0.354 e. The van der Waals surface area contributed by atoms with Crippen molar-refractivity contribution in [3.05, 3.63) is 48.0 Å². The molecule has 2 aromatic rings. The smallest absolute Gasteiger partial charge is 0.354 e. The molecule has 2 aromatic heterocycles. The van der Waals surface area contributed by atoms with E-state index in [1.807, 2.05) is 0 Å². The maximum atomic E-state index is 10.9. The van der Waals surface area contributed by atoms with Gasteiger partial charge in [0.25, 0.3) is 0 Å². The minimum atomic E-state index is -1.07. The molecule has 0 unspecified atom stereocenters. The molecule has 0 atom stereocenters. The van der Waals surface area contributed by atoms with E-state index in [0.29, 0.717) is 5.69 Å². The zero-order chi connectivity index (χ0) is 14.0. The van der Waals surface area contributed by atoms with Crippen LogP contribution in [0.2, 0.25) is 0 Å². The molecule has 5 nitrogen and oxygen atoms in total. The summed E-state index contributed by atoms with van der Waals surface area (Å²) in [5.74, 6) is -1.07. The summed E-state index contributed by atoms with van der Waals surface area (Å²) in [6.45, 7) is 3.31. The van der Waals surface area contributed by atoms with Crippen molar-refractivity contribution in [2.45, 2.75) is 19.4 Å². The van der Waals surface area contributed by atoms with Crippen LogP contribution in [0.4, 0.5) is 0 Å². The normalized spacial score (nSPS) is 11.3. The molecule has 0 saturated carbocycles. The average Bonchev–Trinajstić information content (AvgIpc) is 2.38. The van der Waals surface area contributed by atoms with E-state index >= 15 is 0 Å². The van der Waals surface area contributed by atoms with Crippen molar-refractivity contribution in [1.82, 2.24) is 9.97 Å². The molecule has 5 heteroatoms. The summed E-state index contributed by atoms with van der Waals surface area (Å²) >= 11 is 0. The summed E-state index contributed by atoms with van der Waals surface area (Å²) in [5.41, 5.74) is 1.05. The third-order valence-electron chi connectivity index (χ3n) is 2.70. The Kier molecular flexibility index (Phi) is 3.31.